The maximum atomic E-state index is 12.0. The smallest absolute Gasteiger partial charge is 0.251 e. The summed E-state index contributed by atoms with van der Waals surface area (Å²) in [6.45, 7) is -1.91. The Balaban J connectivity index is 2.84. The molecule has 0 bridgehead atoms. The van der Waals surface area contributed by atoms with Gasteiger partial charge in [-0.15, -0.1) is 11.8 Å². The van der Waals surface area contributed by atoms with Crippen molar-refractivity contribution in [2.45, 2.75) is 28.9 Å². The molecule has 1 rings (SSSR count). The molecule has 0 saturated carbocycles. The SMILES string of the molecule is [2H]C1(O)S[C@H](CO)[C@@H](O)[C@H](O)[C@@H]1NC(=O)CF. The van der Waals surface area contributed by atoms with E-state index in [0.717, 1.165) is 0 Å². The van der Waals surface area contributed by atoms with Crippen molar-refractivity contribution in [3.63, 3.8) is 0 Å². The molecular formula is C8H14FNO5S. The highest BCUT2D eigenvalue weighted by molar-refractivity contribution is 8.00. The van der Waals surface area contributed by atoms with E-state index in [1.54, 1.807) is 0 Å². The van der Waals surface area contributed by atoms with E-state index in [-0.39, 0.29) is 0 Å². The van der Waals surface area contributed by atoms with Crippen LogP contribution in [-0.4, -0.2) is 68.5 Å². The van der Waals surface area contributed by atoms with Crippen LogP contribution >= 0.6 is 11.8 Å². The first-order valence-electron chi connectivity index (χ1n) is 5.06. The predicted octanol–water partition coefficient (Wildman–Crippen LogP) is -2.41. The highest BCUT2D eigenvalue weighted by Gasteiger charge is 2.43. The van der Waals surface area contributed by atoms with Gasteiger partial charge in [0, 0.05) is 0 Å². The van der Waals surface area contributed by atoms with Gasteiger partial charge in [-0.1, -0.05) is 0 Å². The summed E-state index contributed by atoms with van der Waals surface area (Å²) in [5.74, 6) is -1.10. The molecule has 5 N–H and O–H groups in total. The maximum absolute atomic E-state index is 12.0. The van der Waals surface area contributed by atoms with Gasteiger partial charge in [-0.2, -0.15) is 0 Å². The van der Waals surface area contributed by atoms with Crippen LogP contribution in [-0.2, 0) is 4.79 Å². The Hall–Kier alpha value is -0.410. The molecule has 16 heavy (non-hydrogen) atoms. The van der Waals surface area contributed by atoms with Gasteiger partial charge in [0.1, 0.15) is 11.5 Å². The van der Waals surface area contributed by atoms with E-state index in [2.05, 4.69) is 0 Å². The van der Waals surface area contributed by atoms with Gasteiger partial charge >= 0.3 is 0 Å². The monoisotopic (exact) mass is 256 g/mol. The van der Waals surface area contributed by atoms with E-state index in [0.29, 0.717) is 11.8 Å². The zero-order valence-electron chi connectivity index (χ0n) is 9.21. The molecule has 6 nitrogen and oxygen atoms in total. The second-order valence-electron chi connectivity index (χ2n) is 3.34. The van der Waals surface area contributed by atoms with Crippen molar-refractivity contribution in [1.29, 1.82) is 0 Å². The Morgan fingerprint density at radius 3 is 2.56 bits per heavy atom. The Labute approximate surface area is 96.9 Å². The van der Waals surface area contributed by atoms with Gasteiger partial charge in [-0.05, 0) is 0 Å². The summed E-state index contributed by atoms with van der Waals surface area (Å²) in [5.41, 5.74) is -2.35. The normalized spacial score (nSPS) is 44.9. The molecule has 1 aliphatic heterocycles. The van der Waals surface area contributed by atoms with Crippen LogP contribution in [0.15, 0.2) is 0 Å². The van der Waals surface area contributed by atoms with Crippen molar-refractivity contribution in [3.8, 4) is 0 Å². The van der Waals surface area contributed by atoms with E-state index < -0.39 is 48.1 Å². The minimum atomic E-state index is -2.35. The lowest BCUT2D eigenvalue weighted by Gasteiger charge is -2.39. The lowest BCUT2D eigenvalue weighted by Crippen LogP contribution is -2.60. The number of alkyl halides is 1. The second-order valence-corrected chi connectivity index (χ2v) is 4.60. The molecule has 5 atom stereocenters. The maximum Gasteiger partial charge on any atom is 0.251 e. The third kappa shape index (κ3) is 2.83. The van der Waals surface area contributed by atoms with Gasteiger partial charge in [0.2, 0.25) is 0 Å². The molecule has 0 aromatic rings. The molecule has 1 amide bonds. The first-order valence-corrected chi connectivity index (χ1v) is 5.44. The number of thioether (sulfide) groups is 1. The Morgan fingerprint density at radius 2 is 2.06 bits per heavy atom. The number of nitrogens with one attached hydrogen (secondary N) is 1. The lowest BCUT2D eigenvalue weighted by atomic mass is 10.0. The fourth-order valence-electron chi connectivity index (χ4n) is 1.37. The van der Waals surface area contributed by atoms with Crippen molar-refractivity contribution in [2.24, 2.45) is 0 Å². The van der Waals surface area contributed by atoms with Gasteiger partial charge in [0.05, 0.1) is 25.4 Å². The largest absolute Gasteiger partial charge is 0.395 e. The highest BCUT2D eigenvalue weighted by atomic mass is 32.2. The van der Waals surface area contributed by atoms with Crippen molar-refractivity contribution >= 4 is 17.7 Å². The molecule has 1 unspecified atom stereocenters. The molecule has 0 aliphatic carbocycles. The minimum Gasteiger partial charge on any atom is -0.395 e. The lowest BCUT2D eigenvalue weighted by molar-refractivity contribution is -0.125. The third-order valence-electron chi connectivity index (χ3n) is 2.23. The van der Waals surface area contributed by atoms with Crippen LogP contribution in [0.3, 0.4) is 0 Å². The summed E-state index contributed by atoms with van der Waals surface area (Å²) in [4.78, 5) is 10.8. The summed E-state index contributed by atoms with van der Waals surface area (Å²) < 4.78 is 19.5. The molecule has 1 heterocycles. The predicted molar refractivity (Wildman–Crippen MR) is 54.4 cm³/mol. The number of halogens is 1. The van der Waals surface area contributed by atoms with Crippen LogP contribution in [0, 0.1) is 0 Å². The Kier molecular flexibility index (Phi) is 4.36. The average molecular weight is 256 g/mol. The van der Waals surface area contributed by atoms with Crippen molar-refractivity contribution in [1.82, 2.24) is 5.32 Å². The highest BCUT2D eigenvalue weighted by Crippen LogP contribution is 2.31. The van der Waals surface area contributed by atoms with Crippen LogP contribution in [0.2, 0.25) is 0 Å². The van der Waals surface area contributed by atoms with Gasteiger partial charge < -0.3 is 25.7 Å². The Bertz CT molecular complexity index is 295. The topological polar surface area (TPSA) is 110 Å². The van der Waals surface area contributed by atoms with E-state index in [4.69, 9.17) is 6.48 Å². The number of carbonyl (C=O) groups is 1. The number of aliphatic hydroxyl groups is 4. The van der Waals surface area contributed by atoms with Crippen molar-refractivity contribution in [3.05, 3.63) is 0 Å². The number of amides is 1. The number of hydrogen-bond donors (Lipinski definition) is 5. The summed E-state index contributed by atoms with van der Waals surface area (Å²) in [6.07, 6.45) is -3.09. The molecule has 0 aromatic heterocycles. The number of carbonyl (C=O) groups excluding carboxylic acids is 1. The fraction of sp³-hybridized carbons (Fsp3) is 0.875. The van der Waals surface area contributed by atoms with Crippen molar-refractivity contribution in [2.75, 3.05) is 13.3 Å². The first kappa shape index (κ1) is 12.1. The van der Waals surface area contributed by atoms with E-state index in [1.807, 2.05) is 5.32 Å². The van der Waals surface area contributed by atoms with Gasteiger partial charge in [0.25, 0.3) is 5.91 Å². The number of hydrogen-bond acceptors (Lipinski definition) is 6. The zero-order valence-corrected chi connectivity index (χ0v) is 9.02. The summed E-state index contributed by atoms with van der Waals surface area (Å²) in [5, 5.41) is 38.7. The first-order chi connectivity index (χ1) is 7.83. The molecule has 1 saturated heterocycles. The molecule has 0 radical (unpaired) electrons. The molecule has 1 aliphatic rings. The molecular weight excluding hydrogens is 241 g/mol. The molecule has 0 spiro atoms. The molecule has 94 valence electrons. The summed E-state index contributed by atoms with van der Waals surface area (Å²) >= 11 is 0.486. The zero-order chi connectivity index (χ0) is 13.2. The van der Waals surface area contributed by atoms with Crippen LogP contribution < -0.4 is 5.32 Å². The van der Waals surface area contributed by atoms with Crippen LogP contribution in [0.5, 0.6) is 0 Å². The number of aliphatic hydroxyl groups excluding tert-OH is 3. The van der Waals surface area contributed by atoms with Crippen LogP contribution in [0.1, 0.15) is 1.37 Å². The van der Waals surface area contributed by atoms with Gasteiger partial charge in [-0.25, -0.2) is 4.39 Å². The standard InChI is InChI=1S/C8H14FNO5S/c9-1-4(12)10-5-7(14)6(13)3(2-11)16-8(5)15/h3,5-8,11,13-15H,1-2H2,(H,10,12)/t3-,5+,6-,7-,8?/m1/s1/i8D. The minimum absolute atomic E-state index is 0.486. The fourth-order valence-corrected chi connectivity index (χ4v) is 2.40. The number of rotatable bonds is 3. The third-order valence-corrected chi connectivity index (χ3v) is 3.45. The van der Waals surface area contributed by atoms with Crippen LogP contribution in [0.25, 0.3) is 0 Å². The summed E-state index contributed by atoms with van der Waals surface area (Å²) in [7, 11) is 0. The van der Waals surface area contributed by atoms with Crippen molar-refractivity contribution < 1.29 is 31.0 Å². The van der Waals surface area contributed by atoms with E-state index >= 15 is 0 Å². The average Bonchev–Trinajstić information content (AvgIpc) is 2.29. The van der Waals surface area contributed by atoms with E-state index in [9.17, 15) is 24.5 Å². The quantitative estimate of drug-likeness (QED) is 0.385. The van der Waals surface area contributed by atoms with Crippen LogP contribution in [0.4, 0.5) is 4.39 Å². The molecule has 8 heteroatoms. The second kappa shape index (κ2) is 5.78. The van der Waals surface area contributed by atoms with E-state index in [1.165, 1.54) is 0 Å². The van der Waals surface area contributed by atoms with Gasteiger partial charge in [0.15, 0.2) is 6.67 Å². The molecule has 1 fully saturated rings. The molecule has 0 aromatic carbocycles. The summed E-state index contributed by atoms with van der Waals surface area (Å²) in [6, 6.07) is -1.53. The van der Waals surface area contributed by atoms with Gasteiger partial charge in [-0.3, -0.25) is 4.79 Å². The Morgan fingerprint density at radius 1 is 1.44 bits per heavy atom.